The van der Waals surface area contributed by atoms with Gasteiger partial charge in [0, 0.05) is 23.3 Å². The highest BCUT2D eigenvalue weighted by Gasteiger charge is 2.28. The standard InChI is InChI=1S/C13H18BrNO/c14-12-7-11(9-15-10-12)8-13(16)5-3-1-2-4-6-13/h7,9-10,16H,1-6,8H2. The molecule has 2 rings (SSSR count). The molecule has 3 heteroatoms. The van der Waals surface area contributed by atoms with Crippen molar-refractivity contribution in [3.05, 3.63) is 28.5 Å². The number of halogens is 1. The topological polar surface area (TPSA) is 33.1 Å². The van der Waals surface area contributed by atoms with Crippen LogP contribution in [0.1, 0.15) is 44.1 Å². The van der Waals surface area contributed by atoms with E-state index in [2.05, 4.69) is 27.0 Å². The van der Waals surface area contributed by atoms with Crippen molar-refractivity contribution in [3.63, 3.8) is 0 Å². The minimum atomic E-state index is -0.501. The Hall–Kier alpha value is -0.410. The van der Waals surface area contributed by atoms with Gasteiger partial charge in [0.2, 0.25) is 0 Å². The molecule has 0 saturated heterocycles. The summed E-state index contributed by atoms with van der Waals surface area (Å²) in [6.45, 7) is 0. The summed E-state index contributed by atoms with van der Waals surface area (Å²) in [5, 5.41) is 10.6. The van der Waals surface area contributed by atoms with Crippen LogP contribution in [-0.4, -0.2) is 15.7 Å². The monoisotopic (exact) mass is 283 g/mol. The second-order valence-corrected chi connectivity index (χ2v) is 5.74. The number of rotatable bonds is 2. The van der Waals surface area contributed by atoms with Gasteiger partial charge in [0.15, 0.2) is 0 Å². The minimum Gasteiger partial charge on any atom is -0.390 e. The van der Waals surface area contributed by atoms with Gasteiger partial charge in [-0.05, 0) is 40.4 Å². The van der Waals surface area contributed by atoms with Gasteiger partial charge < -0.3 is 5.11 Å². The number of pyridine rings is 1. The van der Waals surface area contributed by atoms with E-state index in [0.717, 1.165) is 42.1 Å². The van der Waals surface area contributed by atoms with Crippen LogP contribution in [0.2, 0.25) is 0 Å². The van der Waals surface area contributed by atoms with Crippen LogP contribution in [0.4, 0.5) is 0 Å². The molecule has 1 N–H and O–H groups in total. The highest BCUT2D eigenvalue weighted by molar-refractivity contribution is 9.10. The quantitative estimate of drug-likeness (QED) is 0.843. The van der Waals surface area contributed by atoms with Gasteiger partial charge >= 0.3 is 0 Å². The second kappa shape index (κ2) is 5.28. The Morgan fingerprint density at radius 3 is 2.50 bits per heavy atom. The largest absolute Gasteiger partial charge is 0.390 e. The van der Waals surface area contributed by atoms with E-state index >= 15 is 0 Å². The summed E-state index contributed by atoms with van der Waals surface area (Å²) in [5.41, 5.74) is 0.623. The Bertz CT molecular complexity index is 346. The molecule has 0 unspecified atom stereocenters. The van der Waals surface area contributed by atoms with Crippen LogP contribution in [0.5, 0.6) is 0 Å². The average Bonchev–Trinajstić information content (AvgIpc) is 2.43. The first-order valence-electron chi connectivity index (χ1n) is 6.00. The number of aliphatic hydroxyl groups is 1. The van der Waals surface area contributed by atoms with E-state index in [-0.39, 0.29) is 0 Å². The third-order valence-corrected chi connectivity index (χ3v) is 3.76. The number of aromatic nitrogens is 1. The van der Waals surface area contributed by atoms with E-state index in [1.807, 2.05) is 6.20 Å². The zero-order valence-corrected chi connectivity index (χ0v) is 11.0. The van der Waals surface area contributed by atoms with Gasteiger partial charge in [0.1, 0.15) is 0 Å². The Morgan fingerprint density at radius 2 is 1.88 bits per heavy atom. The maximum Gasteiger partial charge on any atom is 0.0688 e. The highest BCUT2D eigenvalue weighted by atomic mass is 79.9. The van der Waals surface area contributed by atoms with Gasteiger partial charge in [-0.25, -0.2) is 0 Å². The first kappa shape index (κ1) is 12.1. The Labute approximate surface area is 105 Å². The summed E-state index contributed by atoms with van der Waals surface area (Å²) in [6.07, 6.45) is 11.1. The third kappa shape index (κ3) is 3.29. The van der Waals surface area contributed by atoms with Crippen LogP contribution >= 0.6 is 15.9 Å². The second-order valence-electron chi connectivity index (χ2n) is 4.83. The van der Waals surface area contributed by atoms with Crippen molar-refractivity contribution in [3.8, 4) is 0 Å². The Balaban J connectivity index is 2.06. The average molecular weight is 284 g/mol. The van der Waals surface area contributed by atoms with Gasteiger partial charge in [-0.3, -0.25) is 4.98 Å². The van der Waals surface area contributed by atoms with Gasteiger partial charge in [0.05, 0.1) is 5.60 Å². The van der Waals surface area contributed by atoms with Gasteiger partial charge in [-0.2, -0.15) is 0 Å². The predicted molar refractivity (Wildman–Crippen MR) is 68.3 cm³/mol. The summed E-state index contributed by atoms with van der Waals surface area (Å²) in [6, 6.07) is 2.05. The fourth-order valence-electron chi connectivity index (χ4n) is 2.50. The summed E-state index contributed by atoms with van der Waals surface area (Å²) >= 11 is 3.42. The highest BCUT2D eigenvalue weighted by Crippen LogP contribution is 2.30. The molecule has 1 aromatic heterocycles. The Morgan fingerprint density at radius 1 is 1.19 bits per heavy atom. The molecule has 0 aliphatic heterocycles. The first-order valence-corrected chi connectivity index (χ1v) is 6.79. The van der Waals surface area contributed by atoms with Crippen molar-refractivity contribution in [1.82, 2.24) is 4.98 Å². The molecule has 16 heavy (non-hydrogen) atoms. The zero-order valence-electron chi connectivity index (χ0n) is 9.45. The first-order chi connectivity index (χ1) is 7.68. The SMILES string of the molecule is OC1(Cc2cncc(Br)c2)CCCCCC1. The normalized spacial score (nSPS) is 20.4. The Kier molecular flexibility index (Phi) is 3.98. The van der Waals surface area contributed by atoms with Crippen molar-refractivity contribution < 1.29 is 5.11 Å². The van der Waals surface area contributed by atoms with E-state index < -0.39 is 5.60 Å². The van der Waals surface area contributed by atoms with Gasteiger partial charge in [0.25, 0.3) is 0 Å². The van der Waals surface area contributed by atoms with Crippen LogP contribution in [-0.2, 0) is 6.42 Å². The lowest BCUT2D eigenvalue weighted by atomic mass is 9.88. The van der Waals surface area contributed by atoms with Crippen LogP contribution < -0.4 is 0 Å². The third-order valence-electron chi connectivity index (χ3n) is 3.33. The molecule has 0 atom stereocenters. The van der Waals surface area contributed by atoms with Crippen molar-refractivity contribution >= 4 is 15.9 Å². The lowest BCUT2D eigenvalue weighted by Gasteiger charge is -2.26. The molecule has 0 radical (unpaired) electrons. The molecule has 2 nitrogen and oxygen atoms in total. The predicted octanol–water partition coefficient (Wildman–Crippen LogP) is 3.47. The van der Waals surface area contributed by atoms with Gasteiger partial charge in [-0.15, -0.1) is 0 Å². The maximum atomic E-state index is 10.6. The zero-order chi connectivity index (χ0) is 11.4. The fraction of sp³-hybridized carbons (Fsp3) is 0.615. The molecule has 0 aromatic carbocycles. The molecule has 1 aliphatic rings. The number of nitrogens with zero attached hydrogens (tertiary/aromatic N) is 1. The van der Waals surface area contributed by atoms with Crippen LogP contribution in [0, 0.1) is 0 Å². The molecule has 1 saturated carbocycles. The molecule has 0 spiro atoms. The molecule has 1 fully saturated rings. The summed E-state index contributed by atoms with van der Waals surface area (Å²) < 4.78 is 0.988. The summed E-state index contributed by atoms with van der Waals surface area (Å²) in [5.74, 6) is 0. The molecular formula is C13H18BrNO. The lowest BCUT2D eigenvalue weighted by molar-refractivity contribution is 0.0252. The summed E-state index contributed by atoms with van der Waals surface area (Å²) in [7, 11) is 0. The van der Waals surface area contributed by atoms with Crippen molar-refractivity contribution in [1.29, 1.82) is 0 Å². The van der Waals surface area contributed by atoms with E-state index in [1.54, 1.807) is 6.20 Å². The molecule has 1 aliphatic carbocycles. The fourth-order valence-corrected chi connectivity index (χ4v) is 2.91. The smallest absolute Gasteiger partial charge is 0.0688 e. The van der Waals surface area contributed by atoms with Gasteiger partial charge in [-0.1, -0.05) is 25.7 Å². The minimum absolute atomic E-state index is 0.501. The molecular weight excluding hydrogens is 266 g/mol. The van der Waals surface area contributed by atoms with Crippen molar-refractivity contribution in [2.24, 2.45) is 0 Å². The van der Waals surface area contributed by atoms with E-state index in [0.29, 0.717) is 0 Å². The van der Waals surface area contributed by atoms with Crippen LogP contribution in [0.15, 0.2) is 22.9 Å². The van der Waals surface area contributed by atoms with Crippen LogP contribution in [0.3, 0.4) is 0 Å². The molecule has 0 amide bonds. The molecule has 0 bridgehead atoms. The molecule has 88 valence electrons. The van der Waals surface area contributed by atoms with E-state index in [9.17, 15) is 5.11 Å². The van der Waals surface area contributed by atoms with Crippen molar-refractivity contribution in [2.75, 3.05) is 0 Å². The van der Waals surface area contributed by atoms with Crippen molar-refractivity contribution in [2.45, 2.75) is 50.5 Å². The number of hydrogen-bond acceptors (Lipinski definition) is 2. The number of hydrogen-bond donors (Lipinski definition) is 1. The molecule has 1 heterocycles. The lowest BCUT2D eigenvalue weighted by Crippen LogP contribution is -2.30. The maximum absolute atomic E-state index is 10.6. The van der Waals surface area contributed by atoms with E-state index in [1.165, 1.54) is 12.8 Å². The van der Waals surface area contributed by atoms with E-state index in [4.69, 9.17) is 0 Å². The van der Waals surface area contributed by atoms with Crippen LogP contribution in [0.25, 0.3) is 0 Å². The summed E-state index contributed by atoms with van der Waals surface area (Å²) in [4.78, 5) is 4.15. The molecule has 1 aromatic rings.